The predicted octanol–water partition coefficient (Wildman–Crippen LogP) is 3.21. The van der Waals surface area contributed by atoms with Crippen LogP contribution in [0.25, 0.3) is 0 Å². The molecule has 1 aliphatic heterocycles. The lowest BCUT2D eigenvalue weighted by Gasteiger charge is -2.33. The summed E-state index contributed by atoms with van der Waals surface area (Å²) >= 11 is 0. The number of ether oxygens (including phenoxy) is 1. The SMILES string of the molecule is CC.CCCS(=O)(=O)NC[C@H]1CCCN(C(=O)c2cc(C)ccc2OC)C1. The van der Waals surface area contributed by atoms with Crippen LogP contribution in [0.1, 0.15) is 56.0 Å². The molecular formula is C20H34N2O4S. The molecule has 1 N–H and O–H groups in total. The minimum Gasteiger partial charge on any atom is -0.496 e. The molecule has 0 spiro atoms. The molecule has 1 aromatic rings. The van der Waals surface area contributed by atoms with Crippen LogP contribution in [-0.2, 0) is 10.0 Å². The lowest BCUT2D eigenvalue weighted by Crippen LogP contribution is -2.44. The Labute approximate surface area is 164 Å². The standard InChI is InChI=1S/C18H28N2O4S.C2H6/c1-4-10-25(22,23)19-12-15-6-5-9-20(13-15)18(21)16-11-14(2)7-8-17(16)24-3;1-2/h7-8,11,15,19H,4-6,9-10,12-13H2,1-3H3;1-2H3/t15-;/m1./s1. The molecule has 0 unspecified atom stereocenters. The van der Waals surface area contributed by atoms with E-state index < -0.39 is 10.0 Å². The van der Waals surface area contributed by atoms with Crippen molar-refractivity contribution in [2.45, 2.75) is 47.0 Å². The van der Waals surface area contributed by atoms with Crippen molar-refractivity contribution in [1.82, 2.24) is 9.62 Å². The molecule has 1 amide bonds. The molecule has 1 heterocycles. The fourth-order valence-electron chi connectivity index (χ4n) is 3.16. The van der Waals surface area contributed by atoms with E-state index in [-0.39, 0.29) is 17.6 Å². The number of piperidine rings is 1. The highest BCUT2D eigenvalue weighted by Gasteiger charge is 2.27. The van der Waals surface area contributed by atoms with E-state index in [2.05, 4.69) is 4.72 Å². The van der Waals surface area contributed by atoms with E-state index in [4.69, 9.17) is 4.74 Å². The first-order chi connectivity index (χ1) is 12.9. The van der Waals surface area contributed by atoms with Gasteiger partial charge in [-0.05, 0) is 44.2 Å². The lowest BCUT2D eigenvalue weighted by molar-refractivity contribution is 0.0673. The number of hydrogen-bond donors (Lipinski definition) is 1. The van der Waals surface area contributed by atoms with Crippen LogP contribution < -0.4 is 9.46 Å². The number of carbonyl (C=O) groups is 1. The summed E-state index contributed by atoms with van der Waals surface area (Å²) in [4.78, 5) is 14.7. The molecule has 1 atom stereocenters. The monoisotopic (exact) mass is 398 g/mol. The van der Waals surface area contributed by atoms with E-state index in [1.165, 1.54) is 0 Å². The Morgan fingerprint density at radius 3 is 2.67 bits per heavy atom. The molecule has 1 fully saturated rings. The second kappa shape index (κ2) is 11.3. The van der Waals surface area contributed by atoms with Crippen LogP contribution in [0.4, 0.5) is 0 Å². The van der Waals surface area contributed by atoms with Crippen molar-refractivity contribution in [2.75, 3.05) is 32.5 Å². The van der Waals surface area contributed by atoms with Crippen molar-refractivity contribution in [3.8, 4) is 5.75 Å². The summed E-state index contributed by atoms with van der Waals surface area (Å²) in [6, 6.07) is 5.56. The molecule has 1 saturated heterocycles. The minimum atomic E-state index is -3.21. The smallest absolute Gasteiger partial charge is 0.257 e. The van der Waals surface area contributed by atoms with Crippen molar-refractivity contribution >= 4 is 15.9 Å². The molecule has 1 aliphatic rings. The lowest BCUT2D eigenvalue weighted by atomic mass is 9.97. The predicted molar refractivity (Wildman–Crippen MR) is 110 cm³/mol. The number of likely N-dealkylation sites (tertiary alicyclic amines) is 1. The Bertz CT molecular complexity index is 704. The number of carbonyl (C=O) groups excluding carboxylic acids is 1. The molecule has 27 heavy (non-hydrogen) atoms. The number of rotatable bonds is 7. The maximum absolute atomic E-state index is 12.9. The zero-order valence-corrected chi connectivity index (χ0v) is 18.1. The van der Waals surface area contributed by atoms with Crippen LogP contribution in [0.5, 0.6) is 5.75 Å². The third kappa shape index (κ3) is 7.14. The zero-order chi connectivity index (χ0) is 20.4. The van der Waals surface area contributed by atoms with E-state index in [1.54, 1.807) is 12.0 Å². The molecule has 2 rings (SSSR count). The quantitative estimate of drug-likeness (QED) is 0.765. The third-order valence-corrected chi connectivity index (χ3v) is 6.01. The van der Waals surface area contributed by atoms with Crippen LogP contribution in [0.3, 0.4) is 0 Å². The zero-order valence-electron chi connectivity index (χ0n) is 17.2. The number of hydrogen-bond acceptors (Lipinski definition) is 4. The molecule has 0 aliphatic carbocycles. The van der Waals surface area contributed by atoms with Crippen molar-refractivity contribution in [2.24, 2.45) is 5.92 Å². The highest BCUT2D eigenvalue weighted by atomic mass is 32.2. The number of aryl methyl sites for hydroxylation is 1. The largest absolute Gasteiger partial charge is 0.496 e. The second-order valence-electron chi connectivity index (χ2n) is 6.63. The van der Waals surface area contributed by atoms with Gasteiger partial charge in [0, 0.05) is 19.6 Å². The van der Waals surface area contributed by atoms with Crippen molar-refractivity contribution < 1.29 is 17.9 Å². The average Bonchev–Trinajstić information content (AvgIpc) is 2.67. The summed E-state index contributed by atoms with van der Waals surface area (Å²) in [5.74, 6) is 0.797. The van der Waals surface area contributed by atoms with Crippen molar-refractivity contribution in [1.29, 1.82) is 0 Å². The molecule has 6 nitrogen and oxygen atoms in total. The Morgan fingerprint density at radius 2 is 2.04 bits per heavy atom. The first-order valence-corrected chi connectivity index (χ1v) is 11.4. The highest BCUT2D eigenvalue weighted by molar-refractivity contribution is 7.89. The number of nitrogens with zero attached hydrogens (tertiary/aromatic N) is 1. The molecule has 0 saturated carbocycles. The fourth-order valence-corrected chi connectivity index (χ4v) is 4.33. The van der Waals surface area contributed by atoms with Gasteiger partial charge in [0.1, 0.15) is 5.75 Å². The Hall–Kier alpha value is -1.60. The third-order valence-electron chi connectivity index (χ3n) is 4.46. The van der Waals surface area contributed by atoms with E-state index in [1.807, 2.05) is 45.9 Å². The van der Waals surface area contributed by atoms with E-state index in [0.717, 1.165) is 18.4 Å². The van der Waals surface area contributed by atoms with Crippen molar-refractivity contribution in [3.05, 3.63) is 29.3 Å². The molecule has 1 aromatic carbocycles. The summed E-state index contributed by atoms with van der Waals surface area (Å²) < 4.78 is 31.6. The van der Waals surface area contributed by atoms with Gasteiger partial charge in [-0.3, -0.25) is 4.79 Å². The normalized spacial score (nSPS) is 17.1. The number of benzene rings is 1. The highest BCUT2D eigenvalue weighted by Crippen LogP contribution is 2.24. The number of sulfonamides is 1. The average molecular weight is 399 g/mol. The van der Waals surface area contributed by atoms with Gasteiger partial charge >= 0.3 is 0 Å². The van der Waals surface area contributed by atoms with Crippen LogP contribution in [-0.4, -0.2) is 51.7 Å². The van der Waals surface area contributed by atoms with Crippen LogP contribution in [0.15, 0.2) is 18.2 Å². The van der Waals surface area contributed by atoms with Crippen LogP contribution >= 0.6 is 0 Å². The number of methoxy groups -OCH3 is 1. The van der Waals surface area contributed by atoms with Gasteiger partial charge < -0.3 is 9.64 Å². The maximum atomic E-state index is 12.9. The van der Waals surface area contributed by atoms with Gasteiger partial charge in [-0.2, -0.15) is 0 Å². The van der Waals surface area contributed by atoms with E-state index >= 15 is 0 Å². The summed E-state index contributed by atoms with van der Waals surface area (Å²) in [5.41, 5.74) is 1.57. The second-order valence-corrected chi connectivity index (χ2v) is 8.56. The van der Waals surface area contributed by atoms with Gasteiger partial charge in [0.05, 0.1) is 18.4 Å². The Balaban J connectivity index is 0.00000176. The maximum Gasteiger partial charge on any atom is 0.257 e. The number of nitrogens with one attached hydrogen (secondary N) is 1. The minimum absolute atomic E-state index is 0.0540. The van der Waals surface area contributed by atoms with E-state index in [0.29, 0.717) is 37.4 Å². The summed E-state index contributed by atoms with van der Waals surface area (Å²) in [6.07, 6.45) is 2.39. The van der Waals surface area contributed by atoms with Crippen molar-refractivity contribution in [3.63, 3.8) is 0 Å². The molecule has 0 radical (unpaired) electrons. The van der Waals surface area contributed by atoms with Crippen LogP contribution in [0, 0.1) is 12.8 Å². The van der Waals surface area contributed by atoms with Gasteiger partial charge in [0.15, 0.2) is 0 Å². The van der Waals surface area contributed by atoms with Crippen LogP contribution in [0.2, 0.25) is 0 Å². The number of amides is 1. The fraction of sp³-hybridized carbons (Fsp3) is 0.650. The van der Waals surface area contributed by atoms with Gasteiger partial charge in [0.2, 0.25) is 10.0 Å². The summed E-state index contributed by atoms with van der Waals surface area (Å²) in [5, 5.41) is 0. The molecule has 7 heteroatoms. The topological polar surface area (TPSA) is 75.7 Å². The van der Waals surface area contributed by atoms with Gasteiger partial charge in [0.25, 0.3) is 5.91 Å². The summed E-state index contributed by atoms with van der Waals surface area (Å²) in [7, 11) is -1.65. The molecule has 154 valence electrons. The first-order valence-electron chi connectivity index (χ1n) is 9.77. The molecular weight excluding hydrogens is 364 g/mol. The molecule has 0 aromatic heterocycles. The Morgan fingerprint density at radius 1 is 1.33 bits per heavy atom. The van der Waals surface area contributed by atoms with Gasteiger partial charge in [-0.1, -0.05) is 32.4 Å². The van der Waals surface area contributed by atoms with Gasteiger partial charge in [-0.25, -0.2) is 13.1 Å². The van der Waals surface area contributed by atoms with E-state index in [9.17, 15) is 13.2 Å². The summed E-state index contributed by atoms with van der Waals surface area (Å²) in [6.45, 7) is 9.42. The first kappa shape index (κ1) is 23.4. The molecule has 0 bridgehead atoms. The Kier molecular flexibility index (Phi) is 9.80. The van der Waals surface area contributed by atoms with Gasteiger partial charge in [-0.15, -0.1) is 0 Å².